The molecule has 1 aromatic rings. The van der Waals surface area contributed by atoms with E-state index in [-0.39, 0.29) is 24.3 Å². The van der Waals surface area contributed by atoms with E-state index in [1.807, 2.05) is 29.2 Å². The lowest BCUT2D eigenvalue weighted by molar-refractivity contribution is -0.134. The Morgan fingerprint density at radius 3 is 2.67 bits per heavy atom. The molecule has 1 aliphatic heterocycles. The van der Waals surface area contributed by atoms with Crippen LogP contribution in [0.2, 0.25) is 0 Å². The van der Waals surface area contributed by atoms with Crippen LogP contribution in [-0.4, -0.2) is 29.9 Å². The van der Waals surface area contributed by atoms with Crippen LogP contribution in [0.25, 0.3) is 0 Å². The predicted octanol–water partition coefficient (Wildman–Crippen LogP) is 3.13. The normalized spacial score (nSPS) is 14.6. The molecule has 0 aliphatic carbocycles. The van der Waals surface area contributed by atoms with E-state index in [1.54, 1.807) is 6.08 Å². The third-order valence-corrected chi connectivity index (χ3v) is 4.27. The zero-order valence-electron chi connectivity index (χ0n) is 13.9. The van der Waals surface area contributed by atoms with Gasteiger partial charge in [0.25, 0.3) is 0 Å². The second-order valence-electron chi connectivity index (χ2n) is 5.93. The molecule has 0 spiro atoms. The topological polar surface area (TPSA) is 79.4 Å². The molecule has 1 saturated heterocycles. The van der Waals surface area contributed by atoms with Crippen molar-refractivity contribution in [2.75, 3.05) is 13.1 Å². The molecule has 1 aromatic carbocycles. The first-order valence-electron chi connectivity index (χ1n) is 8.08. The highest BCUT2D eigenvalue weighted by Crippen LogP contribution is 2.23. The van der Waals surface area contributed by atoms with Crippen molar-refractivity contribution in [3.05, 3.63) is 42.5 Å². The first kappa shape index (κ1) is 20.0. The van der Waals surface area contributed by atoms with E-state index in [2.05, 4.69) is 6.58 Å². The number of allylic oxidation sites excluding steroid dienone is 1. The van der Waals surface area contributed by atoms with E-state index in [1.165, 1.54) is 0 Å². The highest BCUT2D eigenvalue weighted by molar-refractivity contribution is 5.85. The molecule has 0 bridgehead atoms. The highest BCUT2D eigenvalue weighted by Gasteiger charge is 2.21. The molecule has 0 radical (unpaired) electrons. The number of rotatable bonds is 6. The van der Waals surface area contributed by atoms with E-state index < -0.39 is 0 Å². The first-order valence-corrected chi connectivity index (χ1v) is 8.08. The van der Waals surface area contributed by atoms with Gasteiger partial charge in [-0.1, -0.05) is 24.3 Å². The summed E-state index contributed by atoms with van der Waals surface area (Å²) in [5.41, 5.74) is 6.47. The number of halogens is 1. The minimum Gasteiger partial charge on any atom is -0.426 e. The number of likely N-dealkylation sites (tertiary alicyclic amines) is 1. The number of esters is 1. The van der Waals surface area contributed by atoms with Crippen LogP contribution >= 0.6 is 12.4 Å². The summed E-state index contributed by atoms with van der Waals surface area (Å²) in [6.45, 7) is 5.33. The molecule has 3 N–H and O–H groups in total. The lowest BCUT2D eigenvalue weighted by Crippen LogP contribution is -2.42. The Morgan fingerprint density at radius 1 is 1.38 bits per heavy atom. The molecule has 132 valence electrons. The zero-order valence-corrected chi connectivity index (χ0v) is 14.7. The molecular weight excluding hydrogens is 326 g/mol. The molecule has 24 heavy (non-hydrogen) atoms. The third kappa shape index (κ3) is 5.89. The Hall–Kier alpha value is -2.01. The number of hydrogen-bond donors (Lipinski definition) is 2. The van der Waals surface area contributed by atoms with Crippen molar-refractivity contribution in [1.29, 1.82) is 5.41 Å². The number of nitrogens with zero attached hydrogens (tertiary/aromatic N) is 1. The average Bonchev–Trinajstić information content (AvgIpc) is 2.55. The monoisotopic (exact) mass is 351 g/mol. The molecule has 0 saturated carbocycles. The van der Waals surface area contributed by atoms with Crippen LogP contribution in [0.1, 0.15) is 31.2 Å². The molecule has 0 unspecified atom stereocenters. The lowest BCUT2D eigenvalue weighted by atomic mass is 9.92. The van der Waals surface area contributed by atoms with Gasteiger partial charge in [-0.05, 0) is 43.2 Å². The summed E-state index contributed by atoms with van der Waals surface area (Å²) in [5.74, 6) is 1.09. The number of nitrogens with one attached hydrogen (secondary N) is 1. The van der Waals surface area contributed by atoms with Gasteiger partial charge in [-0.2, -0.15) is 0 Å². The Morgan fingerprint density at radius 2 is 2.04 bits per heavy atom. The Labute approximate surface area is 149 Å². The van der Waals surface area contributed by atoms with Gasteiger partial charge in [-0.15, -0.1) is 19.0 Å². The second-order valence-corrected chi connectivity index (χ2v) is 5.93. The van der Waals surface area contributed by atoms with E-state index in [0.717, 1.165) is 37.9 Å². The van der Waals surface area contributed by atoms with Gasteiger partial charge >= 0.3 is 5.97 Å². The number of benzene rings is 1. The maximum absolute atomic E-state index is 12.1. The van der Waals surface area contributed by atoms with Crippen LogP contribution in [0.5, 0.6) is 5.75 Å². The van der Waals surface area contributed by atoms with Crippen molar-refractivity contribution in [3.8, 4) is 5.75 Å². The van der Waals surface area contributed by atoms with Crippen molar-refractivity contribution < 1.29 is 9.53 Å². The number of carbonyl (C=O) groups excluding carboxylic acids is 1. The number of carbonyl (C=O) groups is 1. The Kier molecular flexibility index (Phi) is 8.33. The molecule has 0 aromatic heterocycles. The summed E-state index contributed by atoms with van der Waals surface area (Å²) < 4.78 is 5.50. The van der Waals surface area contributed by atoms with Crippen LogP contribution in [0, 0.1) is 11.3 Å². The number of ether oxygens (including phenoxy) is 1. The maximum Gasteiger partial charge on any atom is 0.311 e. The van der Waals surface area contributed by atoms with Crippen LogP contribution in [0.4, 0.5) is 0 Å². The minimum atomic E-state index is -0.185. The summed E-state index contributed by atoms with van der Waals surface area (Å²) in [4.78, 5) is 13.9. The predicted molar refractivity (Wildman–Crippen MR) is 98.7 cm³/mol. The minimum absolute atomic E-state index is 0. The smallest absolute Gasteiger partial charge is 0.311 e. The highest BCUT2D eigenvalue weighted by atomic mass is 35.5. The summed E-state index contributed by atoms with van der Waals surface area (Å²) >= 11 is 0. The first-order chi connectivity index (χ1) is 11.1. The van der Waals surface area contributed by atoms with Crippen molar-refractivity contribution >= 4 is 24.3 Å². The van der Waals surface area contributed by atoms with Gasteiger partial charge in [0.15, 0.2) is 5.96 Å². The van der Waals surface area contributed by atoms with Gasteiger partial charge in [0.1, 0.15) is 5.75 Å². The standard InChI is InChI=1S/C18H25N3O2.ClH/c1-2-5-15-6-3-4-7-16(15)23-17(22)9-8-14-10-12-21(13-11-14)18(19)20;/h2-4,6-7,14H,1,5,8-13H2,(H3,19,20);1H. The van der Waals surface area contributed by atoms with E-state index >= 15 is 0 Å². The van der Waals surface area contributed by atoms with Gasteiger partial charge in [-0.3, -0.25) is 10.2 Å². The molecular formula is C18H26ClN3O2. The van der Waals surface area contributed by atoms with Crippen LogP contribution in [0.3, 0.4) is 0 Å². The summed E-state index contributed by atoms with van der Waals surface area (Å²) in [7, 11) is 0. The summed E-state index contributed by atoms with van der Waals surface area (Å²) in [6, 6.07) is 7.56. The van der Waals surface area contributed by atoms with Crippen molar-refractivity contribution in [3.63, 3.8) is 0 Å². The number of para-hydroxylation sites is 1. The van der Waals surface area contributed by atoms with Crippen LogP contribution < -0.4 is 10.5 Å². The second kappa shape index (κ2) is 9.98. The van der Waals surface area contributed by atoms with Crippen LogP contribution in [-0.2, 0) is 11.2 Å². The average molecular weight is 352 g/mol. The molecule has 0 atom stereocenters. The fourth-order valence-electron chi connectivity index (χ4n) is 2.89. The van der Waals surface area contributed by atoms with E-state index in [9.17, 15) is 4.79 Å². The van der Waals surface area contributed by atoms with Gasteiger partial charge in [0.2, 0.25) is 0 Å². The van der Waals surface area contributed by atoms with Gasteiger partial charge in [0, 0.05) is 19.5 Å². The fourth-order valence-corrected chi connectivity index (χ4v) is 2.89. The number of nitrogens with two attached hydrogens (primary N) is 1. The largest absolute Gasteiger partial charge is 0.426 e. The van der Waals surface area contributed by atoms with E-state index in [4.69, 9.17) is 15.9 Å². The van der Waals surface area contributed by atoms with Crippen LogP contribution in [0.15, 0.2) is 36.9 Å². The zero-order chi connectivity index (χ0) is 16.7. The molecule has 1 fully saturated rings. The summed E-state index contributed by atoms with van der Waals surface area (Å²) in [5, 5.41) is 7.43. The van der Waals surface area contributed by atoms with Gasteiger partial charge in [-0.25, -0.2) is 0 Å². The summed E-state index contributed by atoms with van der Waals surface area (Å²) in [6.07, 6.45) is 5.68. The molecule has 1 heterocycles. The van der Waals surface area contributed by atoms with Crippen molar-refractivity contribution in [2.24, 2.45) is 11.7 Å². The third-order valence-electron chi connectivity index (χ3n) is 4.27. The number of piperidine rings is 1. The Bertz CT molecular complexity index is 569. The molecule has 1 aliphatic rings. The van der Waals surface area contributed by atoms with Crippen molar-refractivity contribution in [2.45, 2.75) is 32.1 Å². The fraction of sp³-hybridized carbons (Fsp3) is 0.444. The Balaban J connectivity index is 0.00000288. The molecule has 2 rings (SSSR count). The SMILES string of the molecule is C=CCc1ccccc1OC(=O)CCC1CCN(C(=N)N)CC1.Cl. The van der Waals surface area contributed by atoms with Gasteiger partial charge < -0.3 is 15.4 Å². The van der Waals surface area contributed by atoms with Crippen molar-refractivity contribution in [1.82, 2.24) is 4.90 Å². The maximum atomic E-state index is 12.1. The molecule has 6 heteroatoms. The molecule has 5 nitrogen and oxygen atoms in total. The van der Waals surface area contributed by atoms with E-state index in [0.29, 0.717) is 24.5 Å². The van der Waals surface area contributed by atoms with Gasteiger partial charge in [0.05, 0.1) is 0 Å². The molecule has 0 amide bonds. The quantitative estimate of drug-likeness (QED) is 0.271. The number of guanidine groups is 1. The number of hydrogen-bond acceptors (Lipinski definition) is 3. The lowest BCUT2D eigenvalue weighted by Gasteiger charge is -2.31.